The Hall–Kier alpha value is -3.19. The fraction of sp³-hybridized carbons (Fsp3) is 0.481. The maximum atomic E-state index is 12.4. The Labute approximate surface area is 224 Å². The smallest absolute Gasteiger partial charge is 0.475 e. The molecule has 1 fully saturated rings. The molecule has 0 spiro atoms. The lowest BCUT2D eigenvalue weighted by atomic mass is 9.99. The van der Waals surface area contributed by atoms with Gasteiger partial charge in [-0.1, -0.05) is 29.4 Å². The van der Waals surface area contributed by atoms with Crippen LogP contribution in [0.15, 0.2) is 58.7 Å². The molecule has 0 saturated carbocycles. The molecule has 4 rings (SSSR count). The van der Waals surface area contributed by atoms with E-state index in [9.17, 15) is 13.2 Å². The molecule has 1 saturated heterocycles. The largest absolute Gasteiger partial charge is 0.573 e. The van der Waals surface area contributed by atoms with Gasteiger partial charge in [-0.3, -0.25) is 0 Å². The average Bonchev–Trinajstić information content (AvgIpc) is 3.39. The van der Waals surface area contributed by atoms with Crippen LogP contribution in [-0.2, 0) is 28.5 Å². The van der Waals surface area contributed by atoms with Gasteiger partial charge in [-0.2, -0.15) is 0 Å². The Bertz CT molecular complexity index is 1130. The maximum absolute atomic E-state index is 12.4. The maximum Gasteiger partial charge on any atom is 0.573 e. The topological polar surface area (TPSA) is 89.3 Å². The molecule has 2 aromatic rings. The fourth-order valence-corrected chi connectivity index (χ4v) is 4.47. The Morgan fingerprint density at radius 3 is 2.31 bits per heavy atom. The number of ether oxygens (including phenoxy) is 6. The second-order valence-electron chi connectivity index (χ2n) is 8.87. The highest BCUT2D eigenvalue weighted by molar-refractivity contribution is 5.96. The molecule has 0 N–H and O–H groups in total. The van der Waals surface area contributed by atoms with E-state index in [4.69, 9.17) is 28.5 Å². The van der Waals surface area contributed by atoms with Crippen molar-refractivity contribution in [2.45, 2.75) is 57.0 Å². The van der Waals surface area contributed by atoms with E-state index < -0.39 is 18.8 Å². The van der Waals surface area contributed by atoms with E-state index in [1.807, 2.05) is 38.1 Å². The molecule has 0 bridgehead atoms. The number of benzene rings is 2. The molecule has 0 aliphatic carbocycles. The average molecular weight is 553 g/mol. The van der Waals surface area contributed by atoms with E-state index in [0.717, 1.165) is 16.7 Å². The van der Waals surface area contributed by atoms with Gasteiger partial charge in [-0.05, 0) is 49.2 Å². The monoisotopic (exact) mass is 552 g/mol. The fourth-order valence-electron chi connectivity index (χ4n) is 4.47. The molecule has 6 atom stereocenters. The molecule has 12 heteroatoms. The minimum Gasteiger partial charge on any atom is -0.475 e. The van der Waals surface area contributed by atoms with Crippen LogP contribution in [0.2, 0.25) is 0 Å². The van der Waals surface area contributed by atoms with Crippen LogP contribution >= 0.6 is 0 Å². The molecule has 0 radical (unpaired) electrons. The Balaban J connectivity index is 1.36. The third kappa shape index (κ3) is 7.27. The highest BCUT2D eigenvalue weighted by atomic mass is 19.4. The molecule has 9 nitrogen and oxygen atoms in total. The molecule has 212 valence electrons. The summed E-state index contributed by atoms with van der Waals surface area (Å²) in [6.07, 6.45) is -5.49. The molecule has 39 heavy (non-hydrogen) atoms. The van der Waals surface area contributed by atoms with E-state index in [0.29, 0.717) is 12.5 Å². The number of hydrogen-bond donors (Lipinski definition) is 0. The van der Waals surface area contributed by atoms with Gasteiger partial charge in [-0.15, -0.1) is 13.2 Å². The van der Waals surface area contributed by atoms with Crippen molar-refractivity contribution < 1.29 is 46.4 Å². The highest BCUT2D eigenvalue weighted by Crippen LogP contribution is 2.30. The van der Waals surface area contributed by atoms with Gasteiger partial charge >= 0.3 is 6.36 Å². The second-order valence-corrected chi connectivity index (χ2v) is 8.87. The van der Waals surface area contributed by atoms with Gasteiger partial charge in [-0.25, -0.2) is 4.99 Å². The van der Waals surface area contributed by atoms with Gasteiger partial charge < -0.3 is 33.3 Å². The normalized spacial score (nSPS) is 27.3. The zero-order valence-electron chi connectivity index (χ0n) is 22.0. The summed E-state index contributed by atoms with van der Waals surface area (Å²) in [6, 6.07) is 12.6. The summed E-state index contributed by atoms with van der Waals surface area (Å²) >= 11 is 0. The lowest BCUT2D eigenvalue weighted by Gasteiger charge is -2.42. The summed E-state index contributed by atoms with van der Waals surface area (Å²) in [5, 5.41) is 4.08. The first-order valence-corrected chi connectivity index (χ1v) is 12.4. The van der Waals surface area contributed by atoms with Crippen LogP contribution in [0.3, 0.4) is 0 Å². The number of nitrogens with zero attached hydrogens (tertiary/aromatic N) is 2. The van der Waals surface area contributed by atoms with Gasteiger partial charge in [0.05, 0.1) is 12.3 Å². The number of hydrogen-bond acceptors (Lipinski definition) is 9. The SMILES string of the molecule is CCO[C@@H]1[C@@H](OC)[C@H](C)O[C@@H](O/N=C/c2ccc(C3=NC(c4ccc(OC(F)(F)F)cc4)CO3)cc2)[C@@H]1OC. The van der Waals surface area contributed by atoms with Crippen molar-refractivity contribution in [3.63, 3.8) is 0 Å². The van der Waals surface area contributed by atoms with Crippen LogP contribution in [0.5, 0.6) is 5.75 Å². The van der Waals surface area contributed by atoms with Crippen LogP contribution < -0.4 is 4.74 Å². The Morgan fingerprint density at radius 2 is 1.69 bits per heavy atom. The summed E-state index contributed by atoms with van der Waals surface area (Å²) in [4.78, 5) is 10.2. The third-order valence-electron chi connectivity index (χ3n) is 6.30. The van der Waals surface area contributed by atoms with Gasteiger partial charge in [0, 0.05) is 26.4 Å². The van der Waals surface area contributed by atoms with Crippen LogP contribution in [-0.4, -0.2) is 76.6 Å². The molecule has 1 unspecified atom stereocenters. The molecule has 2 aliphatic rings. The number of alkyl halides is 3. The standard InChI is InChI=1S/C27H31F3N2O7/c1-5-35-23-22(33-3)16(2)37-26(24(23)34-4)39-31-14-17-6-8-19(9-7-17)25-32-21(15-36-25)18-10-12-20(13-11-18)38-27(28,29)30/h6-14,16,21-24,26H,5,15H2,1-4H3/b31-14+/t16-,21?,22-,23+,24+,26-/m0/s1. The number of aliphatic imine (C=N–C) groups is 1. The van der Waals surface area contributed by atoms with Crippen LogP contribution in [0.25, 0.3) is 0 Å². The van der Waals surface area contributed by atoms with E-state index in [-0.39, 0.29) is 36.7 Å². The molecule has 2 aromatic carbocycles. The lowest BCUT2D eigenvalue weighted by molar-refractivity contribution is -0.308. The molecule has 0 aromatic heterocycles. The molecule has 2 heterocycles. The summed E-state index contributed by atoms with van der Waals surface area (Å²) < 4.78 is 69.6. The van der Waals surface area contributed by atoms with Gasteiger partial charge in [0.2, 0.25) is 5.90 Å². The van der Waals surface area contributed by atoms with Crippen molar-refractivity contribution in [3.05, 3.63) is 65.2 Å². The first kappa shape index (κ1) is 28.8. The minimum atomic E-state index is -4.73. The molecule has 0 amide bonds. The van der Waals surface area contributed by atoms with Crippen molar-refractivity contribution in [1.82, 2.24) is 0 Å². The molecule has 2 aliphatic heterocycles. The lowest BCUT2D eigenvalue weighted by Crippen LogP contribution is -2.59. The first-order chi connectivity index (χ1) is 18.7. The van der Waals surface area contributed by atoms with Gasteiger partial charge in [0.25, 0.3) is 6.29 Å². The van der Waals surface area contributed by atoms with Crippen molar-refractivity contribution in [2.24, 2.45) is 10.1 Å². The van der Waals surface area contributed by atoms with Gasteiger partial charge in [0.15, 0.2) is 6.10 Å². The van der Waals surface area contributed by atoms with Crippen molar-refractivity contribution in [3.8, 4) is 5.75 Å². The van der Waals surface area contributed by atoms with Crippen LogP contribution in [0, 0.1) is 0 Å². The molecular weight excluding hydrogens is 521 g/mol. The minimum absolute atomic E-state index is 0.277. The second kappa shape index (κ2) is 12.8. The van der Waals surface area contributed by atoms with E-state index in [1.165, 1.54) is 24.3 Å². The van der Waals surface area contributed by atoms with Gasteiger partial charge in [0.1, 0.15) is 30.6 Å². The van der Waals surface area contributed by atoms with E-state index >= 15 is 0 Å². The van der Waals surface area contributed by atoms with Crippen molar-refractivity contribution in [2.75, 3.05) is 27.4 Å². The highest BCUT2D eigenvalue weighted by Gasteiger charge is 2.47. The summed E-state index contributed by atoms with van der Waals surface area (Å²) in [7, 11) is 3.15. The van der Waals surface area contributed by atoms with Crippen molar-refractivity contribution in [1.29, 1.82) is 0 Å². The predicted octanol–water partition coefficient (Wildman–Crippen LogP) is 4.63. The van der Waals surface area contributed by atoms with Crippen molar-refractivity contribution >= 4 is 12.1 Å². The summed E-state index contributed by atoms with van der Waals surface area (Å²) in [5.74, 6) is 0.156. The third-order valence-corrected chi connectivity index (χ3v) is 6.30. The number of rotatable bonds is 10. The zero-order valence-corrected chi connectivity index (χ0v) is 22.0. The number of oxime groups is 1. The zero-order chi connectivity index (χ0) is 28.0. The molecular formula is C27H31F3N2O7. The summed E-state index contributed by atoms with van der Waals surface area (Å²) in [6.45, 7) is 4.53. The quantitative estimate of drug-likeness (QED) is 0.314. The Morgan fingerprint density at radius 1 is 1.00 bits per heavy atom. The number of methoxy groups -OCH3 is 2. The predicted molar refractivity (Wildman–Crippen MR) is 135 cm³/mol. The van der Waals surface area contributed by atoms with E-state index in [1.54, 1.807) is 20.4 Å². The van der Waals surface area contributed by atoms with E-state index in [2.05, 4.69) is 14.9 Å². The first-order valence-electron chi connectivity index (χ1n) is 12.4. The summed E-state index contributed by atoms with van der Waals surface area (Å²) in [5.41, 5.74) is 2.24. The number of halogens is 3. The van der Waals surface area contributed by atoms with Crippen LogP contribution in [0.4, 0.5) is 13.2 Å². The Kier molecular flexibility index (Phi) is 9.44. The van der Waals surface area contributed by atoms with Crippen LogP contribution in [0.1, 0.15) is 36.6 Å².